The molecule has 0 aromatic heterocycles. The number of nitrogens with zero attached hydrogens (tertiary/aromatic N) is 2. The monoisotopic (exact) mass is 546 g/mol. The topological polar surface area (TPSA) is 97.8 Å². The molecule has 3 aromatic carbocycles. The molecule has 0 radical (unpaired) electrons. The van der Waals surface area contributed by atoms with Crippen LogP contribution < -0.4 is 14.2 Å². The maximum absolute atomic E-state index is 13.6. The number of hydrogen-bond acceptors (Lipinski definition) is 8. The second-order valence-corrected chi connectivity index (χ2v) is 9.81. The number of morpholine rings is 1. The van der Waals surface area contributed by atoms with Crippen LogP contribution in [0.3, 0.4) is 0 Å². The molecule has 9 heteroatoms. The van der Waals surface area contributed by atoms with E-state index in [2.05, 4.69) is 4.90 Å². The Balaban J connectivity index is 1.57. The number of amides is 1. The summed E-state index contributed by atoms with van der Waals surface area (Å²) in [6.07, 6.45) is 0.660. The lowest BCUT2D eigenvalue weighted by Crippen LogP contribution is -2.39. The fourth-order valence-electron chi connectivity index (χ4n) is 5.50. The molecule has 0 spiro atoms. The quantitative estimate of drug-likeness (QED) is 0.244. The molecule has 1 atom stereocenters. The Labute approximate surface area is 233 Å². The Morgan fingerprint density at radius 1 is 0.925 bits per heavy atom. The van der Waals surface area contributed by atoms with Crippen molar-refractivity contribution in [3.63, 3.8) is 0 Å². The van der Waals surface area contributed by atoms with Crippen LogP contribution in [-0.4, -0.2) is 87.3 Å². The predicted molar refractivity (Wildman–Crippen MR) is 151 cm³/mol. The molecule has 2 aliphatic heterocycles. The van der Waals surface area contributed by atoms with Crippen molar-refractivity contribution >= 4 is 28.2 Å². The van der Waals surface area contributed by atoms with Crippen LogP contribution in [0, 0.1) is 0 Å². The molecule has 9 nitrogen and oxygen atoms in total. The first-order valence-electron chi connectivity index (χ1n) is 13.3. The minimum absolute atomic E-state index is 0.0239. The summed E-state index contributed by atoms with van der Waals surface area (Å²) in [7, 11) is 4.66. The van der Waals surface area contributed by atoms with Crippen LogP contribution in [0.25, 0.3) is 16.5 Å². The highest BCUT2D eigenvalue weighted by atomic mass is 16.5. The Morgan fingerprint density at radius 3 is 2.40 bits per heavy atom. The summed E-state index contributed by atoms with van der Waals surface area (Å²) in [5, 5.41) is 13.4. The number of likely N-dealkylation sites (tertiary alicyclic amines) is 1. The number of rotatable bonds is 9. The van der Waals surface area contributed by atoms with Gasteiger partial charge in [0.2, 0.25) is 0 Å². The number of ether oxygens (including phenoxy) is 4. The van der Waals surface area contributed by atoms with Crippen LogP contribution in [0.4, 0.5) is 0 Å². The summed E-state index contributed by atoms with van der Waals surface area (Å²) >= 11 is 0. The number of carbonyl (C=O) groups excluding carboxylic acids is 2. The van der Waals surface area contributed by atoms with Gasteiger partial charge in [-0.15, -0.1) is 0 Å². The first-order valence-corrected chi connectivity index (χ1v) is 13.3. The van der Waals surface area contributed by atoms with Gasteiger partial charge in [0.1, 0.15) is 11.5 Å². The van der Waals surface area contributed by atoms with Crippen LogP contribution in [0.1, 0.15) is 23.6 Å². The molecule has 0 aliphatic carbocycles. The first-order chi connectivity index (χ1) is 19.5. The summed E-state index contributed by atoms with van der Waals surface area (Å²) in [4.78, 5) is 30.8. The van der Waals surface area contributed by atoms with Gasteiger partial charge in [0.05, 0.1) is 46.2 Å². The summed E-state index contributed by atoms with van der Waals surface area (Å²) in [6.45, 7) is 4.14. The summed E-state index contributed by atoms with van der Waals surface area (Å²) in [6, 6.07) is 15.5. The first kappa shape index (κ1) is 27.5. The van der Waals surface area contributed by atoms with Crippen LogP contribution >= 0.6 is 0 Å². The van der Waals surface area contributed by atoms with Crippen molar-refractivity contribution in [1.82, 2.24) is 9.80 Å². The van der Waals surface area contributed by atoms with Crippen molar-refractivity contribution in [2.24, 2.45) is 0 Å². The average Bonchev–Trinajstić information content (AvgIpc) is 3.25. The third-order valence-electron chi connectivity index (χ3n) is 7.57. The number of benzene rings is 3. The lowest BCUT2D eigenvalue weighted by molar-refractivity contribution is -0.140. The van der Waals surface area contributed by atoms with E-state index < -0.39 is 17.7 Å². The zero-order valence-corrected chi connectivity index (χ0v) is 23.0. The molecule has 1 unspecified atom stereocenters. The number of aliphatic hydroxyl groups excluding tert-OH is 1. The SMILES string of the molecule is COc1ccc2cc(/C(O)=C3\C(=O)C(=O)N(CCCN4CCOCC4)C3c3cccc(OC)c3OC)ccc2c1. The van der Waals surface area contributed by atoms with Crippen molar-refractivity contribution < 1.29 is 33.6 Å². The average molecular weight is 547 g/mol. The molecule has 210 valence electrons. The second-order valence-electron chi connectivity index (χ2n) is 9.81. The van der Waals surface area contributed by atoms with Gasteiger partial charge < -0.3 is 29.0 Å². The van der Waals surface area contributed by atoms with Crippen LogP contribution in [0.5, 0.6) is 17.2 Å². The van der Waals surface area contributed by atoms with Crippen molar-refractivity contribution in [2.75, 3.05) is 60.7 Å². The number of aliphatic hydroxyl groups is 1. The molecule has 2 fully saturated rings. The number of para-hydroxylation sites is 1. The van der Waals surface area contributed by atoms with Crippen molar-refractivity contribution in [1.29, 1.82) is 0 Å². The molecule has 3 aromatic rings. The van der Waals surface area contributed by atoms with E-state index in [1.807, 2.05) is 24.3 Å². The third-order valence-corrected chi connectivity index (χ3v) is 7.57. The maximum atomic E-state index is 13.6. The van der Waals surface area contributed by atoms with Crippen molar-refractivity contribution in [3.05, 3.63) is 71.3 Å². The van der Waals surface area contributed by atoms with Gasteiger partial charge in [-0.3, -0.25) is 14.5 Å². The number of ketones is 1. The highest BCUT2D eigenvalue weighted by Gasteiger charge is 2.47. The van der Waals surface area contributed by atoms with Crippen LogP contribution in [-0.2, 0) is 14.3 Å². The van der Waals surface area contributed by atoms with Crippen LogP contribution in [0.15, 0.2) is 60.2 Å². The fourth-order valence-corrected chi connectivity index (χ4v) is 5.50. The fraction of sp³-hybridized carbons (Fsp3) is 0.355. The largest absolute Gasteiger partial charge is 0.507 e. The lowest BCUT2D eigenvalue weighted by Gasteiger charge is -2.30. The van der Waals surface area contributed by atoms with E-state index in [0.29, 0.717) is 48.8 Å². The zero-order valence-electron chi connectivity index (χ0n) is 23.0. The van der Waals surface area contributed by atoms with Crippen molar-refractivity contribution in [3.8, 4) is 17.2 Å². The maximum Gasteiger partial charge on any atom is 0.295 e. The molecule has 1 N–H and O–H groups in total. The number of methoxy groups -OCH3 is 3. The lowest BCUT2D eigenvalue weighted by atomic mass is 9.93. The van der Waals surface area contributed by atoms with E-state index in [-0.39, 0.29) is 11.3 Å². The number of fused-ring (bicyclic) bond motifs is 1. The summed E-state index contributed by atoms with van der Waals surface area (Å²) < 4.78 is 22.0. The van der Waals surface area contributed by atoms with Gasteiger partial charge in [-0.1, -0.05) is 30.3 Å². The van der Waals surface area contributed by atoms with Crippen molar-refractivity contribution in [2.45, 2.75) is 12.5 Å². The van der Waals surface area contributed by atoms with E-state index in [0.717, 1.165) is 36.2 Å². The molecule has 2 aliphatic rings. The van der Waals surface area contributed by atoms with E-state index in [4.69, 9.17) is 18.9 Å². The smallest absolute Gasteiger partial charge is 0.295 e. The highest BCUT2D eigenvalue weighted by molar-refractivity contribution is 6.46. The van der Waals surface area contributed by atoms with Gasteiger partial charge in [-0.25, -0.2) is 0 Å². The molecular formula is C31H34N2O7. The molecule has 5 rings (SSSR count). The molecule has 1 amide bonds. The highest BCUT2D eigenvalue weighted by Crippen LogP contribution is 2.45. The molecule has 2 heterocycles. The van der Waals surface area contributed by atoms with E-state index in [1.54, 1.807) is 37.4 Å². The molecule has 40 heavy (non-hydrogen) atoms. The van der Waals surface area contributed by atoms with Gasteiger partial charge in [0.15, 0.2) is 11.5 Å². The number of hydrogen-bond donors (Lipinski definition) is 1. The van der Waals surface area contributed by atoms with Gasteiger partial charge in [-0.05, 0) is 41.5 Å². The molecule has 0 saturated carbocycles. The summed E-state index contributed by atoms with van der Waals surface area (Å²) in [5.74, 6) is -0.0124. The van der Waals surface area contributed by atoms with E-state index in [9.17, 15) is 14.7 Å². The summed E-state index contributed by atoms with van der Waals surface area (Å²) in [5.41, 5.74) is 1.03. The number of carbonyl (C=O) groups is 2. The molecule has 0 bridgehead atoms. The van der Waals surface area contributed by atoms with Crippen LogP contribution in [0.2, 0.25) is 0 Å². The van der Waals surface area contributed by atoms with Gasteiger partial charge in [0.25, 0.3) is 11.7 Å². The third kappa shape index (κ3) is 5.22. The van der Waals surface area contributed by atoms with Gasteiger partial charge in [0, 0.05) is 37.3 Å². The Morgan fingerprint density at radius 2 is 1.68 bits per heavy atom. The minimum atomic E-state index is -0.846. The molecule has 2 saturated heterocycles. The van der Waals surface area contributed by atoms with E-state index >= 15 is 0 Å². The van der Waals surface area contributed by atoms with E-state index in [1.165, 1.54) is 19.1 Å². The Kier molecular flexibility index (Phi) is 8.23. The minimum Gasteiger partial charge on any atom is -0.507 e. The number of Topliss-reactive ketones (excluding diaryl/α,β-unsaturated/α-hetero) is 1. The molecular weight excluding hydrogens is 512 g/mol. The Hall–Kier alpha value is -4.08. The van der Waals surface area contributed by atoms with Gasteiger partial charge in [-0.2, -0.15) is 0 Å². The van der Waals surface area contributed by atoms with Gasteiger partial charge >= 0.3 is 0 Å². The zero-order chi connectivity index (χ0) is 28.2. The Bertz CT molecular complexity index is 1440. The predicted octanol–water partition coefficient (Wildman–Crippen LogP) is 4.01. The second kappa shape index (κ2) is 12.0. The standard InChI is InChI=1S/C31H34N2O7/c1-37-23-11-10-20-18-22(9-8-21(20)19-23)28(34)26-27(24-6-4-7-25(38-2)30(24)39-3)33(31(36)29(26)35)13-5-12-32-14-16-40-17-15-32/h4,6-11,18-19,27,34H,5,12-17H2,1-3H3/b28-26+. The normalized spacial score (nSPS) is 19.3.